The summed E-state index contributed by atoms with van der Waals surface area (Å²) >= 11 is 3.39. The quantitative estimate of drug-likeness (QED) is 0.801. The average Bonchev–Trinajstić information content (AvgIpc) is 2.33. The standard InChI is InChI=1S/C12H13BrO3/c13-11-5-1-3-9(7-14)12(11)16-10-4-2-6-15-8-10/h1,3,5,7,10H,2,4,6,8H2. The van der Waals surface area contributed by atoms with Crippen LogP contribution in [0.25, 0.3) is 0 Å². The van der Waals surface area contributed by atoms with Crippen molar-refractivity contribution in [1.29, 1.82) is 0 Å². The van der Waals surface area contributed by atoms with Gasteiger partial charge in [0.05, 0.1) is 16.6 Å². The van der Waals surface area contributed by atoms with Crippen LogP contribution in [0.15, 0.2) is 22.7 Å². The molecule has 3 nitrogen and oxygen atoms in total. The molecular weight excluding hydrogens is 272 g/mol. The molecule has 1 aliphatic heterocycles. The molecule has 16 heavy (non-hydrogen) atoms. The van der Waals surface area contributed by atoms with Crippen LogP contribution in [-0.4, -0.2) is 25.6 Å². The fourth-order valence-electron chi connectivity index (χ4n) is 1.71. The number of carbonyl (C=O) groups excluding carboxylic acids is 1. The molecule has 0 spiro atoms. The Kier molecular flexibility index (Phi) is 3.96. The van der Waals surface area contributed by atoms with Gasteiger partial charge in [0.2, 0.25) is 0 Å². The number of ether oxygens (including phenoxy) is 2. The van der Waals surface area contributed by atoms with Gasteiger partial charge in [0.1, 0.15) is 11.9 Å². The SMILES string of the molecule is O=Cc1cccc(Br)c1OC1CCCOC1. The molecule has 1 heterocycles. The fraction of sp³-hybridized carbons (Fsp3) is 0.417. The number of rotatable bonds is 3. The predicted octanol–water partition coefficient (Wildman–Crippen LogP) is 2.82. The molecule has 0 N–H and O–H groups in total. The summed E-state index contributed by atoms with van der Waals surface area (Å²) in [6, 6.07) is 5.43. The zero-order chi connectivity index (χ0) is 11.4. The van der Waals surface area contributed by atoms with E-state index >= 15 is 0 Å². The summed E-state index contributed by atoms with van der Waals surface area (Å²) in [5, 5.41) is 0. The molecule has 1 aliphatic rings. The number of aldehydes is 1. The van der Waals surface area contributed by atoms with Crippen LogP contribution in [0, 0.1) is 0 Å². The summed E-state index contributed by atoms with van der Waals surface area (Å²) in [4.78, 5) is 10.9. The van der Waals surface area contributed by atoms with Gasteiger partial charge < -0.3 is 9.47 Å². The zero-order valence-electron chi connectivity index (χ0n) is 8.82. The predicted molar refractivity (Wildman–Crippen MR) is 64.0 cm³/mol. The normalized spacial score (nSPS) is 20.4. The Balaban J connectivity index is 2.15. The zero-order valence-corrected chi connectivity index (χ0v) is 10.4. The van der Waals surface area contributed by atoms with Crippen LogP contribution in [0.2, 0.25) is 0 Å². The summed E-state index contributed by atoms with van der Waals surface area (Å²) in [7, 11) is 0. The first-order valence-corrected chi connectivity index (χ1v) is 6.08. The van der Waals surface area contributed by atoms with E-state index in [2.05, 4.69) is 15.9 Å². The summed E-state index contributed by atoms with van der Waals surface area (Å²) in [6.07, 6.45) is 2.83. The molecule has 0 aliphatic carbocycles. The Hall–Kier alpha value is -0.870. The average molecular weight is 285 g/mol. The Bertz CT molecular complexity index is 373. The third-order valence-corrected chi connectivity index (χ3v) is 3.15. The fourth-order valence-corrected chi connectivity index (χ4v) is 2.19. The molecule has 2 rings (SSSR count). The minimum Gasteiger partial charge on any atom is -0.486 e. The van der Waals surface area contributed by atoms with Crippen molar-refractivity contribution in [3.8, 4) is 5.75 Å². The topological polar surface area (TPSA) is 35.5 Å². The maximum Gasteiger partial charge on any atom is 0.153 e. The molecule has 0 aromatic heterocycles. The van der Waals surface area contributed by atoms with E-state index in [1.54, 1.807) is 6.07 Å². The second-order valence-electron chi connectivity index (χ2n) is 3.73. The Morgan fingerprint density at radius 1 is 1.50 bits per heavy atom. The van der Waals surface area contributed by atoms with Crippen molar-refractivity contribution in [3.63, 3.8) is 0 Å². The van der Waals surface area contributed by atoms with Gasteiger partial charge in [-0.15, -0.1) is 0 Å². The van der Waals surface area contributed by atoms with Gasteiger partial charge in [-0.25, -0.2) is 0 Å². The van der Waals surface area contributed by atoms with Gasteiger partial charge in [0.25, 0.3) is 0 Å². The molecule has 4 heteroatoms. The molecule has 0 saturated carbocycles. The highest BCUT2D eigenvalue weighted by molar-refractivity contribution is 9.10. The maximum absolute atomic E-state index is 10.9. The van der Waals surface area contributed by atoms with E-state index in [4.69, 9.17) is 9.47 Å². The number of halogens is 1. The highest BCUT2D eigenvalue weighted by Crippen LogP contribution is 2.30. The van der Waals surface area contributed by atoms with Crippen LogP contribution >= 0.6 is 15.9 Å². The van der Waals surface area contributed by atoms with Crippen molar-refractivity contribution in [2.24, 2.45) is 0 Å². The van der Waals surface area contributed by atoms with Crippen molar-refractivity contribution in [1.82, 2.24) is 0 Å². The minimum atomic E-state index is 0.0474. The number of benzene rings is 1. The molecule has 0 bridgehead atoms. The van der Waals surface area contributed by atoms with Gasteiger partial charge in [-0.2, -0.15) is 0 Å². The lowest BCUT2D eigenvalue weighted by Crippen LogP contribution is -2.28. The van der Waals surface area contributed by atoms with Crippen molar-refractivity contribution in [2.75, 3.05) is 13.2 Å². The Morgan fingerprint density at radius 2 is 2.38 bits per heavy atom. The number of hydrogen-bond donors (Lipinski definition) is 0. The molecule has 1 atom stereocenters. The lowest BCUT2D eigenvalue weighted by atomic mass is 10.1. The van der Waals surface area contributed by atoms with Crippen molar-refractivity contribution >= 4 is 22.2 Å². The molecule has 0 radical (unpaired) electrons. The number of carbonyl (C=O) groups is 1. The van der Waals surface area contributed by atoms with Crippen molar-refractivity contribution < 1.29 is 14.3 Å². The van der Waals surface area contributed by atoms with Gasteiger partial charge in [-0.3, -0.25) is 4.79 Å². The van der Waals surface area contributed by atoms with Crippen LogP contribution in [0.1, 0.15) is 23.2 Å². The lowest BCUT2D eigenvalue weighted by Gasteiger charge is -2.24. The third-order valence-electron chi connectivity index (χ3n) is 2.53. The van der Waals surface area contributed by atoms with Gasteiger partial charge in [0.15, 0.2) is 6.29 Å². The van der Waals surface area contributed by atoms with E-state index in [0.29, 0.717) is 17.9 Å². The van der Waals surface area contributed by atoms with Crippen LogP contribution in [-0.2, 0) is 4.74 Å². The first-order valence-electron chi connectivity index (χ1n) is 5.29. The van der Waals surface area contributed by atoms with Crippen LogP contribution in [0.5, 0.6) is 5.75 Å². The molecule has 86 valence electrons. The summed E-state index contributed by atoms with van der Waals surface area (Å²) in [6.45, 7) is 1.40. The van der Waals surface area contributed by atoms with E-state index in [1.165, 1.54) is 0 Å². The minimum absolute atomic E-state index is 0.0474. The van der Waals surface area contributed by atoms with E-state index in [0.717, 1.165) is 30.2 Å². The van der Waals surface area contributed by atoms with Crippen LogP contribution in [0.4, 0.5) is 0 Å². The van der Waals surface area contributed by atoms with E-state index in [9.17, 15) is 4.79 Å². The second kappa shape index (κ2) is 5.46. The van der Waals surface area contributed by atoms with Gasteiger partial charge in [0, 0.05) is 6.61 Å². The van der Waals surface area contributed by atoms with Gasteiger partial charge in [-0.1, -0.05) is 6.07 Å². The highest BCUT2D eigenvalue weighted by atomic mass is 79.9. The molecule has 1 fully saturated rings. The van der Waals surface area contributed by atoms with Crippen molar-refractivity contribution in [3.05, 3.63) is 28.2 Å². The maximum atomic E-state index is 10.9. The van der Waals surface area contributed by atoms with Crippen LogP contribution in [0.3, 0.4) is 0 Å². The largest absolute Gasteiger partial charge is 0.486 e. The number of para-hydroxylation sites is 1. The van der Waals surface area contributed by atoms with E-state index in [-0.39, 0.29) is 6.10 Å². The summed E-state index contributed by atoms with van der Waals surface area (Å²) in [5.74, 6) is 0.619. The van der Waals surface area contributed by atoms with E-state index in [1.807, 2.05) is 12.1 Å². The highest BCUT2D eigenvalue weighted by Gasteiger charge is 2.18. The first-order chi connectivity index (χ1) is 7.81. The molecule has 1 unspecified atom stereocenters. The monoisotopic (exact) mass is 284 g/mol. The molecular formula is C12H13BrO3. The lowest BCUT2D eigenvalue weighted by molar-refractivity contribution is 0.00688. The molecule has 0 amide bonds. The van der Waals surface area contributed by atoms with Gasteiger partial charge in [-0.05, 0) is 40.9 Å². The Morgan fingerprint density at radius 3 is 3.06 bits per heavy atom. The number of hydrogen-bond acceptors (Lipinski definition) is 3. The van der Waals surface area contributed by atoms with Crippen LogP contribution < -0.4 is 4.74 Å². The summed E-state index contributed by atoms with van der Waals surface area (Å²) in [5.41, 5.74) is 0.569. The van der Waals surface area contributed by atoms with Crippen molar-refractivity contribution in [2.45, 2.75) is 18.9 Å². The molecule has 1 aromatic carbocycles. The van der Waals surface area contributed by atoms with E-state index < -0.39 is 0 Å². The summed E-state index contributed by atoms with van der Waals surface area (Å²) < 4.78 is 12.0. The third kappa shape index (κ3) is 2.62. The molecule has 1 aromatic rings. The van der Waals surface area contributed by atoms with Gasteiger partial charge >= 0.3 is 0 Å². The first kappa shape index (κ1) is 11.6. The smallest absolute Gasteiger partial charge is 0.153 e. The molecule has 1 saturated heterocycles. The second-order valence-corrected chi connectivity index (χ2v) is 4.59. The Labute approximate surface area is 103 Å².